The van der Waals surface area contributed by atoms with Crippen LogP contribution in [0.1, 0.15) is 66.2 Å². The molecule has 4 bridgehead atoms. The van der Waals surface area contributed by atoms with Gasteiger partial charge in [-0.2, -0.15) is 0 Å². The highest BCUT2D eigenvalue weighted by atomic mass is 16.5. The predicted molar refractivity (Wildman–Crippen MR) is 109 cm³/mol. The second-order valence-electron chi connectivity index (χ2n) is 10.2. The highest BCUT2D eigenvalue weighted by Gasteiger charge is 2.60. The SMILES string of the molecule is C=C(C)C(=O)OCC(C)C12CC3CC(C1)CC(C(C)COC(=O)C(=C)C)(C3)C2. The quantitative estimate of drug-likeness (QED) is 0.430. The van der Waals surface area contributed by atoms with Gasteiger partial charge >= 0.3 is 11.9 Å². The average molecular weight is 389 g/mol. The van der Waals surface area contributed by atoms with Crippen molar-refractivity contribution in [1.29, 1.82) is 0 Å². The second-order valence-corrected chi connectivity index (χ2v) is 10.2. The highest BCUT2D eigenvalue weighted by Crippen LogP contribution is 2.69. The van der Waals surface area contributed by atoms with Crippen LogP contribution in [0.15, 0.2) is 24.3 Å². The van der Waals surface area contributed by atoms with Crippen molar-refractivity contribution in [2.75, 3.05) is 13.2 Å². The molecule has 0 N–H and O–H groups in total. The first-order valence-electron chi connectivity index (χ1n) is 10.7. The second kappa shape index (κ2) is 7.68. The van der Waals surface area contributed by atoms with Gasteiger partial charge in [0.05, 0.1) is 13.2 Å². The number of carbonyl (C=O) groups is 2. The fraction of sp³-hybridized carbons (Fsp3) is 0.750. The van der Waals surface area contributed by atoms with Crippen molar-refractivity contribution in [3.8, 4) is 0 Å². The summed E-state index contributed by atoms with van der Waals surface area (Å²) in [6.45, 7) is 16.2. The molecule has 156 valence electrons. The molecule has 0 spiro atoms. The maximum atomic E-state index is 11.9. The number of rotatable bonds is 8. The van der Waals surface area contributed by atoms with Crippen molar-refractivity contribution in [2.24, 2.45) is 34.5 Å². The average Bonchev–Trinajstić information content (AvgIpc) is 2.61. The Hall–Kier alpha value is -1.58. The van der Waals surface area contributed by atoms with Gasteiger partial charge in [-0.15, -0.1) is 0 Å². The van der Waals surface area contributed by atoms with Crippen molar-refractivity contribution < 1.29 is 19.1 Å². The van der Waals surface area contributed by atoms with Crippen LogP contribution in [0.4, 0.5) is 0 Å². The fourth-order valence-electron chi connectivity index (χ4n) is 6.56. The molecule has 2 unspecified atom stereocenters. The molecule has 4 rings (SSSR count). The number of carbonyl (C=O) groups excluding carboxylic acids is 2. The van der Waals surface area contributed by atoms with E-state index in [2.05, 4.69) is 27.0 Å². The number of ether oxygens (including phenoxy) is 2. The smallest absolute Gasteiger partial charge is 0.333 e. The zero-order chi connectivity index (χ0) is 20.7. The van der Waals surface area contributed by atoms with Crippen LogP contribution in [-0.2, 0) is 19.1 Å². The van der Waals surface area contributed by atoms with Crippen LogP contribution < -0.4 is 0 Å². The first kappa shape index (κ1) is 21.1. The predicted octanol–water partition coefficient (Wildman–Crippen LogP) is 5.08. The number of hydrogen-bond donors (Lipinski definition) is 0. The van der Waals surface area contributed by atoms with Gasteiger partial charge in [-0.1, -0.05) is 27.0 Å². The van der Waals surface area contributed by atoms with E-state index in [0.29, 0.717) is 36.2 Å². The van der Waals surface area contributed by atoms with E-state index in [0.717, 1.165) is 18.3 Å². The summed E-state index contributed by atoms with van der Waals surface area (Å²) in [5.41, 5.74) is 1.40. The lowest BCUT2D eigenvalue weighted by atomic mass is 9.40. The van der Waals surface area contributed by atoms with Crippen LogP contribution in [-0.4, -0.2) is 25.2 Å². The third kappa shape index (κ3) is 3.92. The van der Waals surface area contributed by atoms with E-state index < -0.39 is 0 Å². The minimum atomic E-state index is -0.286. The van der Waals surface area contributed by atoms with Gasteiger partial charge < -0.3 is 9.47 Å². The monoisotopic (exact) mass is 388 g/mol. The lowest BCUT2D eigenvalue weighted by molar-refractivity contribution is -0.174. The van der Waals surface area contributed by atoms with Crippen molar-refractivity contribution in [3.05, 3.63) is 24.3 Å². The molecule has 0 aromatic rings. The Labute approximate surface area is 169 Å². The Balaban J connectivity index is 1.71. The summed E-state index contributed by atoms with van der Waals surface area (Å²) in [7, 11) is 0. The Morgan fingerprint density at radius 3 is 1.54 bits per heavy atom. The van der Waals surface area contributed by atoms with E-state index in [-0.39, 0.29) is 22.8 Å². The van der Waals surface area contributed by atoms with Gasteiger partial charge in [0.25, 0.3) is 0 Å². The van der Waals surface area contributed by atoms with Crippen LogP contribution in [0.3, 0.4) is 0 Å². The van der Waals surface area contributed by atoms with Crippen LogP contribution in [0, 0.1) is 34.5 Å². The van der Waals surface area contributed by atoms with Gasteiger partial charge in [0.1, 0.15) is 0 Å². The first-order valence-corrected chi connectivity index (χ1v) is 10.7. The third-order valence-electron chi connectivity index (χ3n) is 7.87. The van der Waals surface area contributed by atoms with E-state index in [4.69, 9.17) is 9.47 Å². The van der Waals surface area contributed by atoms with Crippen molar-refractivity contribution in [1.82, 2.24) is 0 Å². The van der Waals surface area contributed by atoms with E-state index >= 15 is 0 Å². The van der Waals surface area contributed by atoms with Gasteiger partial charge in [0, 0.05) is 11.1 Å². The first-order chi connectivity index (χ1) is 13.1. The lowest BCUT2D eigenvalue weighted by Crippen LogP contribution is -2.57. The molecule has 0 aliphatic heterocycles. The molecular weight excluding hydrogens is 352 g/mol. The van der Waals surface area contributed by atoms with E-state index in [9.17, 15) is 9.59 Å². The van der Waals surface area contributed by atoms with E-state index in [1.54, 1.807) is 13.8 Å². The molecule has 2 atom stereocenters. The zero-order valence-electron chi connectivity index (χ0n) is 18.0. The molecule has 0 aromatic carbocycles. The third-order valence-corrected chi connectivity index (χ3v) is 7.87. The highest BCUT2D eigenvalue weighted by molar-refractivity contribution is 5.87. The molecule has 0 radical (unpaired) electrons. The topological polar surface area (TPSA) is 52.6 Å². The molecule has 28 heavy (non-hydrogen) atoms. The molecular formula is C24H36O4. The molecule has 0 heterocycles. The number of hydrogen-bond acceptors (Lipinski definition) is 4. The van der Waals surface area contributed by atoms with E-state index in [1.807, 2.05) is 0 Å². The molecule has 0 saturated heterocycles. The number of esters is 2. The molecule has 4 aliphatic carbocycles. The van der Waals surface area contributed by atoms with Gasteiger partial charge in [-0.05, 0) is 86.9 Å². The summed E-state index contributed by atoms with van der Waals surface area (Å²) in [6.07, 6.45) is 7.47. The molecule has 4 saturated carbocycles. The minimum absolute atomic E-state index is 0.242. The summed E-state index contributed by atoms with van der Waals surface area (Å²) in [6, 6.07) is 0. The summed E-state index contributed by atoms with van der Waals surface area (Å²) in [4.78, 5) is 23.7. The normalized spacial score (nSPS) is 35.1. The summed E-state index contributed by atoms with van der Waals surface area (Å²) < 4.78 is 11.1. The lowest BCUT2D eigenvalue weighted by Gasteiger charge is -2.65. The van der Waals surface area contributed by atoms with Crippen molar-refractivity contribution in [2.45, 2.75) is 66.2 Å². The van der Waals surface area contributed by atoms with Crippen molar-refractivity contribution >= 4 is 11.9 Å². The summed E-state index contributed by atoms with van der Waals surface area (Å²) in [5.74, 6) is 1.61. The van der Waals surface area contributed by atoms with E-state index in [1.165, 1.54) is 32.1 Å². The molecule has 4 fully saturated rings. The Morgan fingerprint density at radius 1 is 0.857 bits per heavy atom. The summed E-state index contributed by atoms with van der Waals surface area (Å²) >= 11 is 0. The van der Waals surface area contributed by atoms with Gasteiger partial charge in [-0.3, -0.25) is 0 Å². The Kier molecular flexibility index (Phi) is 5.80. The maximum Gasteiger partial charge on any atom is 0.333 e. The van der Waals surface area contributed by atoms with Crippen LogP contribution >= 0.6 is 0 Å². The van der Waals surface area contributed by atoms with Crippen LogP contribution in [0.25, 0.3) is 0 Å². The molecule has 4 nitrogen and oxygen atoms in total. The standard InChI is InChI=1S/C24H36O4/c1-15(2)21(25)27-12-17(5)23-8-19-7-20(9-23)11-24(10-19,14-23)18(6)13-28-22(26)16(3)4/h17-20H,1,3,7-14H2,2,4-6H3. The minimum Gasteiger partial charge on any atom is -0.462 e. The van der Waals surface area contributed by atoms with Gasteiger partial charge in [0.15, 0.2) is 0 Å². The van der Waals surface area contributed by atoms with Gasteiger partial charge in [0.2, 0.25) is 0 Å². The molecule has 0 amide bonds. The van der Waals surface area contributed by atoms with Crippen LogP contribution in [0.2, 0.25) is 0 Å². The molecule has 4 aliphatic rings. The molecule has 4 heteroatoms. The Bertz CT molecular complexity index is 608. The Morgan fingerprint density at radius 2 is 1.21 bits per heavy atom. The zero-order valence-corrected chi connectivity index (χ0v) is 18.0. The fourth-order valence-corrected chi connectivity index (χ4v) is 6.56. The maximum absolute atomic E-state index is 11.9. The molecule has 0 aromatic heterocycles. The van der Waals surface area contributed by atoms with Crippen LogP contribution in [0.5, 0.6) is 0 Å². The van der Waals surface area contributed by atoms with Gasteiger partial charge in [-0.25, -0.2) is 9.59 Å². The largest absolute Gasteiger partial charge is 0.462 e. The van der Waals surface area contributed by atoms with Crippen molar-refractivity contribution in [3.63, 3.8) is 0 Å². The summed E-state index contributed by atoms with van der Waals surface area (Å²) in [5, 5.41) is 0.